The second-order valence-electron chi connectivity index (χ2n) is 3.46. The van der Waals surface area contributed by atoms with Gasteiger partial charge < -0.3 is 9.47 Å². The molecule has 0 atom stereocenters. The topological polar surface area (TPSA) is 35.5 Å². The van der Waals surface area contributed by atoms with Crippen LogP contribution in [0.4, 0.5) is 0 Å². The highest BCUT2D eigenvalue weighted by Crippen LogP contribution is 2.19. The Kier molecular flexibility index (Phi) is 6.51. The first kappa shape index (κ1) is 14.5. The summed E-state index contributed by atoms with van der Waals surface area (Å²) in [4.78, 5) is 9.84. The lowest BCUT2D eigenvalue weighted by molar-refractivity contribution is -0.134. The first-order valence-electron chi connectivity index (χ1n) is 5.74. The van der Waals surface area contributed by atoms with Crippen molar-refractivity contribution in [1.82, 2.24) is 0 Å². The van der Waals surface area contributed by atoms with E-state index >= 15 is 0 Å². The second kappa shape index (κ2) is 8.53. The fourth-order valence-corrected chi connectivity index (χ4v) is 1.20. The number of rotatable bonds is 3. The van der Waals surface area contributed by atoms with Crippen molar-refractivity contribution in [2.75, 3.05) is 7.11 Å². The van der Waals surface area contributed by atoms with Crippen LogP contribution in [-0.2, 0) is 9.53 Å². The highest BCUT2D eigenvalue weighted by molar-refractivity contribution is 5.80. The van der Waals surface area contributed by atoms with E-state index in [1.165, 1.54) is 7.11 Å². The fourth-order valence-electron chi connectivity index (χ4n) is 1.20. The van der Waals surface area contributed by atoms with Gasteiger partial charge in [-0.05, 0) is 24.3 Å². The third kappa shape index (κ3) is 6.07. The molecule has 0 saturated carbocycles. The number of carbonyl (C=O) groups excluding carboxylic acids is 1. The molecule has 0 saturated heterocycles. The molecule has 0 heterocycles. The molecule has 0 fully saturated rings. The van der Waals surface area contributed by atoms with E-state index in [0.29, 0.717) is 0 Å². The Balaban J connectivity index is 0.000000258. The Bertz CT molecular complexity index is 454. The van der Waals surface area contributed by atoms with Crippen molar-refractivity contribution in [2.24, 2.45) is 0 Å². The molecule has 2 rings (SSSR count). The van der Waals surface area contributed by atoms with Crippen LogP contribution in [0.2, 0.25) is 0 Å². The second-order valence-corrected chi connectivity index (χ2v) is 3.46. The minimum Gasteiger partial charge on any atom is -0.466 e. The zero-order valence-electron chi connectivity index (χ0n) is 10.8. The molecule has 2 aromatic carbocycles. The van der Waals surface area contributed by atoms with Gasteiger partial charge in [0.15, 0.2) is 0 Å². The fraction of sp³-hybridized carbons (Fsp3) is 0.0625. The normalized spacial score (nSPS) is 8.68. The number of hydrogen-bond donors (Lipinski definition) is 0. The number of benzene rings is 2. The molecule has 0 radical (unpaired) electrons. The number of methoxy groups -OCH3 is 1. The zero-order chi connectivity index (χ0) is 13.9. The van der Waals surface area contributed by atoms with Gasteiger partial charge in [0.25, 0.3) is 0 Å². The van der Waals surface area contributed by atoms with Gasteiger partial charge in [0.2, 0.25) is 0 Å². The summed E-state index contributed by atoms with van der Waals surface area (Å²) in [5, 5.41) is 0. The van der Waals surface area contributed by atoms with Gasteiger partial charge in [-0.15, -0.1) is 0 Å². The third-order valence-corrected chi connectivity index (χ3v) is 2.09. The summed E-state index contributed by atoms with van der Waals surface area (Å²) in [5.74, 6) is 1.34. The molecular formula is C16H16O3. The molecule has 0 aliphatic carbocycles. The van der Waals surface area contributed by atoms with Crippen molar-refractivity contribution < 1.29 is 14.3 Å². The minimum atomic E-state index is -0.394. The Morgan fingerprint density at radius 3 is 1.63 bits per heavy atom. The smallest absolute Gasteiger partial charge is 0.329 e. The maximum Gasteiger partial charge on any atom is 0.329 e. The van der Waals surface area contributed by atoms with Crippen LogP contribution in [-0.4, -0.2) is 13.1 Å². The van der Waals surface area contributed by atoms with Crippen molar-refractivity contribution >= 4 is 5.97 Å². The maximum absolute atomic E-state index is 9.84. The Labute approximate surface area is 113 Å². The van der Waals surface area contributed by atoms with Crippen LogP contribution in [0.3, 0.4) is 0 Å². The van der Waals surface area contributed by atoms with Crippen molar-refractivity contribution in [2.45, 2.75) is 0 Å². The molecule has 0 unspecified atom stereocenters. The first-order chi connectivity index (χ1) is 9.26. The van der Waals surface area contributed by atoms with Gasteiger partial charge in [0.1, 0.15) is 11.5 Å². The summed E-state index contributed by atoms with van der Waals surface area (Å²) in [6.07, 6.45) is 1.11. The maximum atomic E-state index is 9.84. The number of hydrogen-bond acceptors (Lipinski definition) is 3. The van der Waals surface area contributed by atoms with Crippen molar-refractivity contribution in [3.8, 4) is 11.5 Å². The number of para-hydroxylation sites is 2. The molecule has 0 aliphatic rings. The number of ether oxygens (including phenoxy) is 2. The van der Waals surface area contributed by atoms with Gasteiger partial charge in [0, 0.05) is 6.08 Å². The van der Waals surface area contributed by atoms with E-state index in [1.807, 2.05) is 60.7 Å². The van der Waals surface area contributed by atoms with Crippen LogP contribution in [0.25, 0.3) is 0 Å². The Morgan fingerprint density at radius 2 is 1.37 bits per heavy atom. The summed E-state index contributed by atoms with van der Waals surface area (Å²) in [5.41, 5.74) is 0. The third-order valence-electron chi connectivity index (χ3n) is 2.09. The molecule has 0 N–H and O–H groups in total. The van der Waals surface area contributed by atoms with Crippen LogP contribution < -0.4 is 4.74 Å². The van der Waals surface area contributed by atoms with Crippen LogP contribution in [0, 0.1) is 0 Å². The lowest BCUT2D eigenvalue weighted by Crippen LogP contribution is -1.91. The molecule has 2 aromatic rings. The highest BCUT2D eigenvalue weighted by Gasteiger charge is 1.92. The molecule has 0 aromatic heterocycles. The molecule has 0 spiro atoms. The summed E-state index contributed by atoms with van der Waals surface area (Å²) in [6.45, 7) is 3.16. The first-order valence-corrected chi connectivity index (χ1v) is 5.74. The monoisotopic (exact) mass is 256 g/mol. The predicted molar refractivity (Wildman–Crippen MR) is 75.2 cm³/mol. The van der Waals surface area contributed by atoms with Crippen LogP contribution in [0.1, 0.15) is 0 Å². The van der Waals surface area contributed by atoms with Crippen LogP contribution >= 0.6 is 0 Å². The van der Waals surface area contributed by atoms with Gasteiger partial charge in [-0.25, -0.2) is 4.79 Å². The van der Waals surface area contributed by atoms with Crippen LogP contribution in [0.15, 0.2) is 73.3 Å². The standard InChI is InChI=1S/C12H10O.C4H6O2/c1-3-7-11(8-4-1)13-12-9-5-2-6-10-12;1-3-4(5)6-2/h1-10H;3H,1H2,2H3. The summed E-state index contributed by atoms with van der Waals surface area (Å²) < 4.78 is 9.72. The predicted octanol–water partition coefficient (Wildman–Crippen LogP) is 3.82. The van der Waals surface area contributed by atoms with Crippen LogP contribution in [0.5, 0.6) is 11.5 Å². The van der Waals surface area contributed by atoms with E-state index in [2.05, 4.69) is 11.3 Å². The van der Waals surface area contributed by atoms with E-state index in [-0.39, 0.29) is 0 Å². The molecule has 98 valence electrons. The molecule has 0 aliphatic heterocycles. The SMILES string of the molecule is C=CC(=O)OC.c1ccc(Oc2ccccc2)cc1. The van der Waals surface area contributed by atoms with Crippen molar-refractivity contribution in [3.63, 3.8) is 0 Å². The van der Waals surface area contributed by atoms with Gasteiger partial charge in [-0.1, -0.05) is 43.0 Å². The van der Waals surface area contributed by atoms with Crippen molar-refractivity contribution in [3.05, 3.63) is 73.3 Å². The van der Waals surface area contributed by atoms with Gasteiger partial charge in [-0.2, -0.15) is 0 Å². The van der Waals surface area contributed by atoms with E-state index in [9.17, 15) is 4.79 Å². The average Bonchev–Trinajstić information content (AvgIpc) is 2.49. The van der Waals surface area contributed by atoms with Gasteiger partial charge >= 0.3 is 5.97 Å². The average molecular weight is 256 g/mol. The molecular weight excluding hydrogens is 240 g/mol. The minimum absolute atomic E-state index is 0.394. The highest BCUT2D eigenvalue weighted by atomic mass is 16.5. The lowest BCUT2D eigenvalue weighted by Gasteiger charge is -2.03. The Morgan fingerprint density at radius 1 is 0.947 bits per heavy atom. The molecule has 0 bridgehead atoms. The molecule has 19 heavy (non-hydrogen) atoms. The van der Waals surface area contributed by atoms with Gasteiger partial charge in [0.05, 0.1) is 7.11 Å². The molecule has 3 heteroatoms. The largest absolute Gasteiger partial charge is 0.466 e. The summed E-state index contributed by atoms with van der Waals surface area (Å²) in [6, 6.07) is 19.5. The zero-order valence-corrected chi connectivity index (χ0v) is 10.8. The summed E-state index contributed by atoms with van der Waals surface area (Å²) in [7, 11) is 1.31. The molecule has 3 nitrogen and oxygen atoms in total. The molecule has 0 amide bonds. The van der Waals surface area contributed by atoms with E-state index in [4.69, 9.17) is 4.74 Å². The van der Waals surface area contributed by atoms with E-state index < -0.39 is 5.97 Å². The quantitative estimate of drug-likeness (QED) is 0.618. The Hall–Kier alpha value is -2.55. The number of carbonyl (C=O) groups is 1. The lowest BCUT2D eigenvalue weighted by atomic mass is 10.3. The van der Waals surface area contributed by atoms with E-state index in [1.54, 1.807) is 0 Å². The van der Waals surface area contributed by atoms with E-state index in [0.717, 1.165) is 17.6 Å². The van der Waals surface area contributed by atoms with Crippen molar-refractivity contribution in [1.29, 1.82) is 0 Å². The number of esters is 1. The summed E-state index contributed by atoms with van der Waals surface area (Å²) >= 11 is 0. The van der Waals surface area contributed by atoms with Gasteiger partial charge in [-0.3, -0.25) is 0 Å².